The van der Waals surface area contributed by atoms with Crippen molar-refractivity contribution in [3.63, 3.8) is 0 Å². The Kier molecular flexibility index (Phi) is 3.71. The summed E-state index contributed by atoms with van der Waals surface area (Å²) in [5.74, 6) is 0. The molecule has 1 fully saturated rings. The molecule has 0 aromatic heterocycles. The van der Waals surface area contributed by atoms with Crippen LogP contribution < -0.4 is 0 Å². The number of ether oxygens (including phenoxy) is 1. The largest absolute Gasteiger partial charge is 0.347 e. The van der Waals surface area contributed by atoms with E-state index in [-0.39, 0.29) is 6.10 Å². The predicted molar refractivity (Wildman–Crippen MR) is 93.1 cm³/mol. The average Bonchev–Trinajstić information content (AvgIpc) is 3.45. The van der Waals surface area contributed by atoms with Crippen LogP contribution in [-0.4, -0.2) is 13.9 Å². The first kappa shape index (κ1) is 15.1. The van der Waals surface area contributed by atoms with Crippen LogP contribution in [0.25, 0.3) is 11.1 Å². The Morgan fingerprint density at radius 1 is 0.667 bits per heavy atom. The number of rotatable bonds is 4. The zero-order chi connectivity index (χ0) is 16.6. The maximum Gasteiger partial charge on any atom is 0.208 e. The van der Waals surface area contributed by atoms with E-state index in [1.807, 2.05) is 54.6 Å². The minimum atomic E-state index is -3.45. The van der Waals surface area contributed by atoms with Gasteiger partial charge in [0.15, 0.2) is 5.44 Å². The summed E-state index contributed by atoms with van der Waals surface area (Å²) in [5.41, 5.74) is 2.33. The third-order valence-corrected chi connectivity index (χ3v) is 6.07. The van der Waals surface area contributed by atoms with Crippen LogP contribution in [0.5, 0.6) is 0 Å². The van der Waals surface area contributed by atoms with Crippen molar-refractivity contribution in [1.82, 2.24) is 0 Å². The molecule has 0 spiro atoms. The van der Waals surface area contributed by atoms with E-state index in [0.717, 1.165) is 16.7 Å². The van der Waals surface area contributed by atoms with Crippen LogP contribution in [0.1, 0.15) is 11.7 Å². The quantitative estimate of drug-likeness (QED) is 0.670. The molecule has 0 aliphatic carbocycles. The molecule has 1 saturated heterocycles. The van der Waals surface area contributed by atoms with E-state index in [2.05, 4.69) is 0 Å². The van der Waals surface area contributed by atoms with Crippen LogP contribution in [0.4, 0.5) is 0 Å². The molecular weight excluding hydrogens is 320 g/mol. The topological polar surface area (TPSA) is 46.7 Å². The number of epoxide rings is 1. The molecule has 2 atom stereocenters. The molecule has 0 unspecified atom stereocenters. The van der Waals surface area contributed by atoms with E-state index in [9.17, 15) is 8.42 Å². The second-order valence-corrected chi connectivity index (χ2v) is 7.80. The Labute approximate surface area is 141 Å². The van der Waals surface area contributed by atoms with Gasteiger partial charge in [-0.3, -0.25) is 0 Å². The lowest BCUT2D eigenvalue weighted by atomic mass is 10.0. The van der Waals surface area contributed by atoms with Gasteiger partial charge in [0.1, 0.15) is 6.10 Å². The lowest BCUT2D eigenvalue weighted by Crippen LogP contribution is -2.09. The molecule has 0 bridgehead atoms. The van der Waals surface area contributed by atoms with Crippen LogP contribution in [0, 0.1) is 0 Å². The first-order valence-corrected chi connectivity index (χ1v) is 9.31. The van der Waals surface area contributed by atoms with Gasteiger partial charge >= 0.3 is 0 Å². The van der Waals surface area contributed by atoms with Crippen molar-refractivity contribution >= 4 is 9.84 Å². The zero-order valence-corrected chi connectivity index (χ0v) is 13.7. The third kappa shape index (κ3) is 2.75. The maximum atomic E-state index is 12.5. The molecule has 3 aromatic rings. The molecule has 4 rings (SSSR count). The van der Waals surface area contributed by atoms with Gasteiger partial charge in [-0.15, -0.1) is 0 Å². The predicted octanol–water partition coefficient (Wildman–Crippen LogP) is 4.22. The highest BCUT2D eigenvalue weighted by atomic mass is 32.2. The molecule has 0 amide bonds. The van der Waals surface area contributed by atoms with E-state index in [1.165, 1.54) is 0 Å². The van der Waals surface area contributed by atoms with E-state index < -0.39 is 15.3 Å². The summed E-state index contributed by atoms with van der Waals surface area (Å²) in [6.07, 6.45) is -0.389. The number of sulfone groups is 1. The number of benzene rings is 3. The monoisotopic (exact) mass is 336 g/mol. The average molecular weight is 336 g/mol. The first-order chi connectivity index (χ1) is 11.7. The minimum Gasteiger partial charge on any atom is -0.347 e. The van der Waals surface area contributed by atoms with Gasteiger partial charge in [-0.1, -0.05) is 72.8 Å². The van der Waals surface area contributed by atoms with Crippen LogP contribution in [-0.2, 0) is 14.6 Å². The molecule has 1 aliphatic heterocycles. The molecule has 120 valence electrons. The lowest BCUT2D eigenvalue weighted by molar-refractivity contribution is 0.399. The van der Waals surface area contributed by atoms with Gasteiger partial charge in [-0.25, -0.2) is 8.42 Å². The summed E-state index contributed by atoms with van der Waals surface area (Å²) in [6.45, 7) is 0. The van der Waals surface area contributed by atoms with Crippen molar-refractivity contribution in [2.24, 2.45) is 0 Å². The fourth-order valence-electron chi connectivity index (χ4n) is 2.81. The molecule has 24 heavy (non-hydrogen) atoms. The van der Waals surface area contributed by atoms with E-state index >= 15 is 0 Å². The summed E-state index contributed by atoms with van der Waals surface area (Å²) in [6, 6.07) is 26.4. The fraction of sp³-hybridized carbons (Fsp3) is 0.100. The van der Waals surface area contributed by atoms with Gasteiger partial charge in [0.05, 0.1) is 4.90 Å². The molecular formula is C20H16O3S. The summed E-state index contributed by atoms with van der Waals surface area (Å²) in [5, 5.41) is 0. The van der Waals surface area contributed by atoms with Crippen molar-refractivity contribution in [1.29, 1.82) is 0 Å². The highest BCUT2D eigenvalue weighted by Gasteiger charge is 2.50. The SMILES string of the molecule is O=S(=O)(c1ccccc1)[C@@H]1O[C@H]1c1ccc(-c2ccccc2)cc1. The third-order valence-electron chi connectivity index (χ3n) is 4.18. The van der Waals surface area contributed by atoms with E-state index in [0.29, 0.717) is 4.90 Å². The molecule has 4 heteroatoms. The minimum absolute atomic E-state index is 0.304. The van der Waals surface area contributed by atoms with Crippen molar-refractivity contribution in [2.75, 3.05) is 0 Å². The number of hydrogen-bond donors (Lipinski definition) is 0. The summed E-state index contributed by atoms with van der Waals surface area (Å²) >= 11 is 0. The Bertz CT molecular complexity index is 933. The summed E-state index contributed by atoms with van der Waals surface area (Å²) in [7, 11) is -3.45. The highest BCUT2D eigenvalue weighted by molar-refractivity contribution is 7.92. The van der Waals surface area contributed by atoms with Crippen molar-refractivity contribution in [2.45, 2.75) is 16.4 Å². The van der Waals surface area contributed by atoms with E-state index in [4.69, 9.17) is 4.74 Å². The molecule has 0 N–H and O–H groups in total. The second-order valence-electron chi connectivity index (χ2n) is 5.77. The lowest BCUT2D eigenvalue weighted by Gasteiger charge is -2.03. The standard InChI is InChI=1S/C20H16O3S/c21-24(22,18-9-5-2-6-10-18)20-19(23-20)17-13-11-16(12-14-17)15-7-3-1-4-8-15/h1-14,19-20H/t19-,20-/m0/s1. The molecule has 3 aromatic carbocycles. The van der Waals surface area contributed by atoms with Gasteiger partial charge < -0.3 is 4.74 Å². The Morgan fingerprint density at radius 2 is 1.21 bits per heavy atom. The Hall–Kier alpha value is -2.43. The van der Waals surface area contributed by atoms with E-state index in [1.54, 1.807) is 30.3 Å². The van der Waals surface area contributed by atoms with Crippen LogP contribution in [0.3, 0.4) is 0 Å². The number of hydrogen-bond acceptors (Lipinski definition) is 3. The maximum absolute atomic E-state index is 12.5. The van der Waals surface area contributed by atoms with Crippen molar-refractivity contribution in [3.05, 3.63) is 90.5 Å². The first-order valence-electron chi connectivity index (χ1n) is 7.76. The molecule has 1 aliphatic rings. The van der Waals surface area contributed by atoms with Gasteiger partial charge in [-0.05, 0) is 28.8 Å². The van der Waals surface area contributed by atoms with Crippen LogP contribution >= 0.6 is 0 Å². The molecule has 1 heterocycles. The Balaban J connectivity index is 1.55. The summed E-state index contributed by atoms with van der Waals surface area (Å²) < 4.78 is 30.6. The fourth-order valence-corrected chi connectivity index (χ4v) is 4.36. The zero-order valence-electron chi connectivity index (χ0n) is 12.9. The molecule has 0 radical (unpaired) electrons. The van der Waals surface area contributed by atoms with Crippen LogP contribution in [0.2, 0.25) is 0 Å². The molecule has 0 saturated carbocycles. The van der Waals surface area contributed by atoms with Gasteiger partial charge in [0.2, 0.25) is 9.84 Å². The normalized spacial score (nSPS) is 19.8. The Morgan fingerprint density at radius 3 is 1.83 bits per heavy atom. The van der Waals surface area contributed by atoms with Crippen molar-refractivity contribution < 1.29 is 13.2 Å². The van der Waals surface area contributed by atoms with Crippen molar-refractivity contribution in [3.8, 4) is 11.1 Å². The van der Waals surface area contributed by atoms with Gasteiger partial charge in [-0.2, -0.15) is 0 Å². The highest BCUT2D eigenvalue weighted by Crippen LogP contribution is 2.44. The summed E-state index contributed by atoms with van der Waals surface area (Å²) in [4.78, 5) is 0.304. The van der Waals surface area contributed by atoms with Gasteiger partial charge in [0.25, 0.3) is 0 Å². The molecule has 3 nitrogen and oxygen atoms in total. The second kappa shape index (κ2) is 5.89. The van der Waals surface area contributed by atoms with Gasteiger partial charge in [0, 0.05) is 0 Å². The smallest absolute Gasteiger partial charge is 0.208 e. The van der Waals surface area contributed by atoms with Crippen LogP contribution in [0.15, 0.2) is 89.8 Å².